The van der Waals surface area contributed by atoms with Crippen molar-refractivity contribution in [3.8, 4) is 11.1 Å². The van der Waals surface area contributed by atoms with Gasteiger partial charge in [-0.3, -0.25) is 4.79 Å². The number of rotatable bonds is 5. The van der Waals surface area contributed by atoms with Crippen molar-refractivity contribution in [2.24, 2.45) is 0 Å². The summed E-state index contributed by atoms with van der Waals surface area (Å²) in [4.78, 5) is 29.6. The molecule has 0 bridgehead atoms. The van der Waals surface area contributed by atoms with Crippen LogP contribution in [0.3, 0.4) is 0 Å². The Morgan fingerprint density at radius 3 is 2.67 bits per heavy atom. The lowest BCUT2D eigenvalue weighted by atomic mass is 9.95. The smallest absolute Gasteiger partial charge is 0.246 e. The van der Waals surface area contributed by atoms with E-state index in [1.54, 1.807) is 11.0 Å². The van der Waals surface area contributed by atoms with Crippen LogP contribution in [0.2, 0.25) is 5.02 Å². The number of anilines is 2. The first kappa shape index (κ1) is 25.8. The summed E-state index contributed by atoms with van der Waals surface area (Å²) < 4.78 is 31.2. The van der Waals surface area contributed by atoms with Gasteiger partial charge in [-0.1, -0.05) is 29.5 Å². The molecule has 12 heteroatoms. The minimum atomic E-state index is -0.631. The largest absolute Gasteiger partial charge is 0.375 e. The van der Waals surface area contributed by atoms with Crippen LogP contribution in [0.15, 0.2) is 30.9 Å². The van der Waals surface area contributed by atoms with Crippen LogP contribution in [-0.2, 0) is 4.79 Å². The molecule has 3 N–H and O–H groups in total. The molecule has 0 saturated carbocycles. The number of benzene rings is 2. The maximum atomic E-state index is 16.5. The highest BCUT2D eigenvalue weighted by atomic mass is 35.5. The van der Waals surface area contributed by atoms with Crippen LogP contribution < -0.4 is 11.1 Å². The van der Waals surface area contributed by atoms with Gasteiger partial charge in [-0.15, -0.1) is 0 Å². The second-order valence-electron chi connectivity index (χ2n) is 10.1. The number of amides is 1. The van der Waals surface area contributed by atoms with Crippen LogP contribution in [0.1, 0.15) is 24.6 Å². The van der Waals surface area contributed by atoms with E-state index in [4.69, 9.17) is 27.3 Å². The fourth-order valence-corrected chi connectivity index (χ4v) is 6.34. The van der Waals surface area contributed by atoms with Gasteiger partial charge in [0.1, 0.15) is 23.0 Å². The Bertz CT molecular complexity index is 1630. The number of halogens is 3. The Morgan fingerprint density at radius 2 is 1.95 bits per heavy atom. The van der Waals surface area contributed by atoms with E-state index in [9.17, 15) is 9.18 Å². The first-order valence-corrected chi connectivity index (χ1v) is 13.8. The molecule has 2 aliphatic heterocycles. The number of nitrogens with zero attached hydrogens (tertiary/aromatic N) is 5. The molecule has 6 rings (SSSR count). The minimum Gasteiger partial charge on any atom is -0.375 e. The number of likely N-dealkylation sites (tertiary alicyclic amines) is 2. The molecule has 0 spiro atoms. The molecule has 0 aliphatic carbocycles. The third kappa shape index (κ3) is 4.58. The van der Waals surface area contributed by atoms with Crippen LogP contribution >= 0.6 is 22.9 Å². The van der Waals surface area contributed by atoms with Crippen LogP contribution in [0.4, 0.5) is 19.7 Å². The number of thiazole rings is 1. The molecule has 2 aromatic heterocycles. The zero-order valence-corrected chi connectivity index (χ0v) is 22.8. The van der Waals surface area contributed by atoms with Crippen LogP contribution in [-0.4, -0.2) is 69.9 Å². The van der Waals surface area contributed by atoms with E-state index in [0.717, 1.165) is 37.3 Å². The SMILES string of the molecule is C=CC(=O)N1CC(Nc2nc(C3CCN(C)CC3)nc3c(F)c(-c4ccc(F)c5sc(N)nc45)c(Cl)cc23)C1. The summed E-state index contributed by atoms with van der Waals surface area (Å²) in [6.07, 6.45) is 2.99. The molecule has 2 saturated heterocycles. The number of fused-ring (bicyclic) bond motifs is 2. The number of aromatic nitrogens is 3. The topological polar surface area (TPSA) is 100 Å². The first-order chi connectivity index (χ1) is 18.7. The van der Waals surface area contributed by atoms with Crippen molar-refractivity contribution in [1.29, 1.82) is 0 Å². The summed E-state index contributed by atoms with van der Waals surface area (Å²) in [5.74, 6) is -0.151. The zero-order valence-electron chi connectivity index (χ0n) is 21.2. The van der Waals surface area contributed by atoms with Crippen LogP contribution in [0.5, 0.6) is 0 Å². The molecule has 2 fully saturated rings. The predicted molar refractivity (Wildman–Crippen MR) is 151 cm³/mol. The number of nitrogens with two attached hydrogens (primary N) is 1. The van der Waals surface area contributed by atoms with Crippen molar-refractivity contribution in [2.45, 2.75) is 24.8 Å². The number of piperidine rings is 1. The van der Waals surface area contributed by atoms with Gasteiger partial charge in [0.25, 0.3) is 0 Å². The van der Waals surface area contributed by atoms with E-state index < -0.39 is 11.6 Å². The summed E-state index contributed by atoms with van der Waals surface area (Å²) in [6, 6.07) is 4.30. The molecule has 202 valence electrons. The van der Waals surface area contributed by atoms with Gasteiger partial charge in [-0.05, 0) is 57.3 Å². The number of carbonyl (C=O) groups is 1. The fraction of sp³-hybridized carbons (Fsp3) is 0.333. The maximum absolute atomic E-state index is 16.5. The summed E-state index contributed by atoms with van der Waals surface area (Å²) in [5.41, 5.74) is 6.67. The Labute approximate surface area is 232 Å². The molecular formula is C27H26ClF2N7OS. The molecule has 2 aromatic carbocycles. The normalized spacial score (nSPS) is 17.1. The number of nitrogens with one attached hydrogen (secondary N) is 1. The number of hydrogen-bond acceptors (Lipinski definition) is 8. The van der Waals surface area contributed by atoms with E-state index in [-0.39, 0.29) is 49.3 Å². The van der Waals surface area contributed by atoms with Gasteiger partial charge in [0.05, 0.1) is 21.3 Å². The molecule has 0 radical (unpaired) electrons. The van der Waals surface area contributed by atoms with Crippen molar-refractivity contribution in [3.05, 3.63) is 53.3 Å². The lowest BCUT2D eigenvalue weighted by Gasteiger charge is -2.39. The number of carbonyl (C=O) groups excluding carboxylic acids is 1. The molecule has 39 heavy (non-hydrogen) atoms. The second-order valence-corrected chi connectivity index (χ2v) is 11.5. The Hall–Kier alpha value is -3.41. The highest BCUT2D eigenvalue weighted by molar-refractivity contribution is 7.22. The summed E-state index contributed by atoms with van der Waals surface area (Å²) in [6.45, 7) is 6.28. The van der Waals surface area contributed by atoms with E-state index in [2.05, 4.69) is 28.8 Å². The fourth-order valence-electron chi connectivity index (χ4n) is 5.29. The van der Waals surface area contributed by atoms with Gasteiger partial charge in [0, 0.05) is 35.5 Å². The standard InChI is InChI=1S/C27H26ClF2N7OS/c1-3-19(38)37-11-14(12-37)32-26-16-10-17(28)20(15-4-5-18(29)24-23(15)34-27(31)39-24)21(30)22(16)33-25(35-26)13-6-8-36(2)9-7-13/h3-5,10,13-14H,1,6-9,11-12H2,2H3,(H2,31,34)(H,32,33,35). The number of hydrogen-bond donors (Lipinski definition) is 2. The molecule has 0 unspecified atom stereocenters. The van der Waals surface area contributed by atoms with Gasteiger partial charge < -0.3 is 20.9 Å². The van der Waals surface area contributed by atoms with Crippen molar-refractivity contribution in [1.82, 2.24) is 24.8 Å². The molecule has 4 aromatic rings. The van der Waals surface area contributed by atoms with E-state index in [1.807, 2.05) is 0 Å². The summed E-state index contributed by atoms with van der Waals surface area (Å²) >= 11 is 7.69. The Kier molecular flexibility index (Phi) is 6.60. The average molecular weight is 570 g/mol. The van der Waals surface area contributed by atoms with Crippen molar-refractivity contribution in [3.63, 3.8) is 0 Å². The van der Waals surface area contributed by atoms with Crippen LogP contribution in [0, 0.1) is 11.6 Å². The van der Waals surface area contributed by atoms with Gasteiger partial charge >= 0.3 is 0 Å². The zero-order chi connectivity index (χ0) is 27.4. The minimum absolute atomic E-state index is 0.0615. The molecular weight excluding hydrogens is 544 g/mol. The summed E-state index contributed by atoms with van der Waals surface area (Å²) in [7, 11) is 2.07. The first-order valence-electron chi connectivity index (χ1n) is 12.6. The van der Waals surface area contributed by atoms with Gasteiger partial charge in [-0.2, -0.15) is 0 Å². The molecule has 2 aliphatic rings. The van der Waals surface area contributed by atoms with E-state index in [1.165, 1.54) is 18.2 Å². The van der Waals surface area contributed by atoms with Crippen molar-refractivity contribution < 1.29 is 13.6 Å². The summed E-state index contributed by atoms with van der Waals surface area (Å²) in [5, 5.41) is 4.11. The average Bonchev–Trinajstić information content (AvgIpc) is 3.30. The maximum Gasteiger partial charge on any atom is 0.246 e. The van der Waals surface area contributed by atoms with Crippen molar-refractivity contribution >= 4 is 60.9 Å². The van der Waals surface area contributed by atoms with Crippen LogP contribution in [0.25, 0.3) is 32.2 Å². The van der Waals surface area contributed by atoms with Crippen molar-refractivity contribution in [2.75, 3.05) is 44.3 Å². The third-order valence-corrected chi connectivity index (χ3v) is 8.67. The molecule has 8 nitrogen and oxygen atoms in total. The second kappa shape index (κ2) is 9.96. The molecule has 0 atom stereocenters. The van der Waals surface area contributed by atoms with Gasteiger partial charge in [0.15, 0.2) is 10.9 Å². The highest BCUT2D eigenvalue weighted by Crippen LogP contribution is 2.42. The quantitative estimate of drug-likeness (QED) is 0.325. The van der Waals surface area contributed by atoms with Gasteiger partial charge in [-0.25, -0.2) is 23.7 Å². The molecule has 4 heterocycles. The van der Waals surface area contributed by atoms with E-state index in [0.29, 0.717) is 35.7 Å². The van der Waals surface area contributed by atoms with Gasteiger partial charge in [0.2, 0.25) is 5.91 Å². The monoisotopic (exact) mass is 569 g/mol. The third-order valence-electron chi connectivity index (χ3n) is 7.47. The van der Waals surface area contributed by atoms with E-state index >= 15 is 4.39 Å². The highest BCUT2D eigenvalue weighted by Gasteiger charge is 2.31. The Morgan fingerprint density at radius 1 is 1.21 bits per heavy atom. The predicted octanol–water partition coefficient (Wildman–Crippen LogP) is 5.04. The lowest BCUT2D eigenvalue weighted by molar-refractivity contribution is -0.129. The Balaban J connectivity index is 1.48. The number of nitrogen functional groups attached to an aromatic ring is 1. The lowest BCUT2D eigenvalue weighted by Crippen LogP contribution is -2.56. The molecule has 1 amide bonds.